The van der Waals surface area contributed by atoms with E-state index in [0.29, 0.717) is 25.9 Å². The molecule has 1 amide bonds. The summed E-state index contributed by atoms with van der Waals surface area (Å²) < 4.78 is 38.2. The van der Waals surface area contributed by atoms with E-state index in [2.05, 4.69) is 5.32 Å². The maximum atomic E-state index is 12.7. The normalized spacial score (nSPS) is 33.3. The van der Waals surface area contributed by atoms with Crippen molar-refractivity contribution in [1.29, 1.82) is 0 Å². The highest BCUT2D eigenvalue weighted by Crippen LogP contribution is 2.40. The fourth-order valence-electron chi connectivity index (χ4n) is 3.10. The lowest BCUT2D eigenvalue weighted by Crippen LogP contribution is -2.53. The third-order valence-electron chi connectivity index (χ3n) is 4.17. The highest BCUT2D eigenvalue weighted by Gasteiger charge is 2.44. The number of carbonyl (C=O) groups excluding carboxylic acids is 1. The average molecular weight is 278 g/mol. The molecule has 0 aromatic rings. The summed E-state index contributed by atoms with van der Waals surface area (Å²) in [5, 5.41) is 3.23. The van der Waals surface area contributed by atoms with Crippen LogP contribution in [-0.2, 0) is 4.79 Å². The van der Waals surface area contributed by atoms with Crippen LogP contribution in [-0.4, -0.2) is 42.7 Å². The molecule has 6 heteroatoms. The molecule has 2 unspecified atom stereocenters. The van der Waals surface area contributed by atoms with Crippen molar-refractivity contribution in [3.8, 4) is 0 Å². The van der Waals surface area contributed by atoms with Crippen LogP contribution in [0, 0.1) is 11.8 Å². The van der Waals surface area contributed by atoms with Gasteiger partial charge < -0.3 is 10.2 Å². The number of halogens is 3. The van der Waals surface area contributed by atoms with E-state index in [-0.39, 0.29) is 24.8 Å². The monoisotopic (exact) mass is 278 g/mol. The maximum Gasteiger partial charge on any atom is 0.391 e. The molecule has 0 bridgehead atoms. The fraction of sp³-hybridized carbons (Fsp3) is 0.923. The number of rotatable bonds is 1. The van der Waals surface area contributed by atoms with Crippen LogP contribution in [0.3, 0.4) is 0 Å². The molecule has 0 aromatic heterocycles. The van der Waals surface area contributed by atoms with Crippen molar-refractivity contribution >= 4 is 5.91 Å². The fourth-order valence-corrected chi connectivity index (χ4v) is 3.10. The van der Waals surface area contributed by atoms with E-state index in [4.69, 9.17) is 0 Å². The van der Waals surface area contributed by atoms with Gasteiger partial charge in [-0.05, 0) is 26.2 Å². The summed E-state index contributed by atoms with van der Waals surface area (Å²) in [7, 11) is 0. The molecule has 0 spiro atoms. The third-order valence-corrected chi connectivity index (χ3v) is 4.17. The van der Waals surface area contributed by atoms with Gasteiger partial charge in [0.05, 0.1) is 5.92 Å². The zero-order chi connectivity index (χ0) is 14.0. The summed E-state index contributed by atoms with van der Waals surface area (Å²) in [6.45, 7) is 3.92. The quantitative estimate of drug-likeness (QED) is 0.797. The Kier molecular flexibility index (Phi) is 4.38. The summed E-state index contributed by atoms with van der Waals surface area (Å²) in [6, 6.07) is 0.222. The number of hydrogen-bond acceptors (Lipinski definition) is 2. The molecule has 3 atom stereocenters. The first-order valence-corrected chi connectivity index (χ1v) is 6.97. The van der Waals surface area contributed by atoms with E-state index < -0.39 is 18.0 Å². The SMILES string of the molecule is C[C@@H]1CN(C(=O)C2CCCC(C(F)(F)F)C2)CCN1. The summed E-state index contributed by atoms with van der Waals surface area (Å²) in [5.41, 5.74) is 0. The predicted octanol–water partition coefficient (Wildman–Crippen LogP) is 2.18. The van der Waals surface area contributed by atoms with E-state index in [0.717, 1.165) is 6.54 Å². The standard InChI is InChI=1S/C13H21F3N2O/c1-9-8-18(6-5-17-9)12(19)10-3-2-4-11(7-10)13(14,15)16/h9-11,17H,2-8H2,1H3/t9-,10?,11?/m1/s1. The molecule has 1 aliphatic heterocycles. The number of nitrogens with one attached hydrogen (secondary N) is 1. The molecule has 1 saturated carbocycles. The predicted molar refractivity (Wildman–Crippen MR) is 65.5 cm³/mol. The first kappa shape index (κ1) is 14.6. The van der Waals surface area contributed by atoms with E-state index in [1.165, 1.54) is 0 Å². The van der Waals surface area contributed by atoms with Gasteiger partial charge in [0.25, 0.3) is 0 Å². The molecule has 110 valence electrons. The average Bonchev–Trinajstić information content (AvgIpc) is 2.37. The molecule has 2 aliphatic rings. The van der Waals surface area contributed by atoms with Crippen LogP contribution in [0.4, 0.5) is 13.2 Å². The number of carbonyl (C=O) groups is 1. The van der Waals surface area contributed by atoms with Gasteiger partial charge in [-0.15, -0.1) is 0 Å². The number of alkyl halides is 3. The van der Waals surface area contributed by atoms with Crippen molar-refractivity contribution in [2.24, 2.45) is 11.8 Å². The zero-order valence-corrected chi connectivity index (χ0v) is 11.2. The molecule has 19 heavy (non-hydrogen) atoms. The van der Waals surface area contributed by atoms with Crippen molar-refractivity contribution < 1.29 is 18.0 Å². The number of hydrogen-bond donors (Lipinski definition) is 1. The molecular formula is C13H21F3N2O. The van der Waals surface area contributed by atoms with E-state index >= 15 is 0 Å². The Morgan fingerprint density at radius 1 is 1.32 bits per heavy atom. The lowest BCUT2D eigenvalue weighted by Gasteiger charge is -2.37. The second-order valence-electron chi connectivity index (χ2n) is 5.74. The molecule has 1 saturated heterocycles. The highest BCUT2D eigenvalue weighted by molar-refractivity contribution is 5.79. The first-order chi connectivity index (χ1) is 8.88. The Morgan fingerprint density at radius 3 is 2.68 bits per heavy atom. The van der Waals surface area contributed by atoms with Crippen molar-refractivity contribution in [3.63, 3.8) is 0 Å². The van der Waals surface area contributed by atoms with Crippen molar-refractivity contribution in [2.75, 3.05) is 19.6 Å². The molecule has 1 heterocycles. The highest BCUT2D eigenvalue weighted by atomic mass is 19.4. The Balaban J connectivity index is 1.95. The van der Waals surface area contributed by atoms with Gasteiger partial charge in [-0.25, -0.2) is 0 Å². The molecule has 1 aliphatic carbocycles. The van der Waals surface area contributed by atoms with Crippen LogP contribution in [0.2, 0.25) is 0 Å². The zero-order valence-electron chi connectivity index (χ0n) is 11.2. The van der Waals surface area contributed by atoms with Crippen LogP contribution in [0.15, 0.2) is 0 Å². The van der Waals surface area contributed by atoms with E-state index in [9.17, 15) is 18.0 Å². The third kappa shape index (κ3) is 3.61. The Labute approximate surface area is 111 Å². The van der Waals surface area contributed by atoms with E-state index in [1.807, 2.05) is 6.92 Å². The van der Waals surface area contributed by atoms with Gasteiger partial charge in [0.2, 0.25) is 5.91 Å². The minimum Gasteiger partial charge on any atom is -0.340 e. The van der Waals surface area contributed by atoms with Gasteiger partial charge in [0, 0.05) is 31.6 Å². The summed E-state index contributed by atoms with van der Waals surface area (Å²) >= 11 is 0. The van der Waals surface area contributed by atoms with Gasteiger partial charge in [-0.1, -0.05) is 6.42 Å². The number of nitrogens with zero attached hydrogens (tertiary/aromatic N) is 1. The minimum atomic E-state index is -4.16. The van der Waals surface area contributed by atoms with Gasteiger partial charge in [-0.3, -0.25) is 4.79 Å². The minimum absolute atomic E-state index is 0.0271. The smallest absolute Gasteiger partial charge is 0.340 e. The van der Waals surface area contributed by atoms with Gasteiger partial charge in [0.15, 0.2) is 0 Å². The maximum absolute atomic E-state index is 12.7. The van der Waals surface area contributed by atoms with E-state index in [1.54, 1.807) is 4.90 Å². The first-order valence-electron chi connectivity index (χ1n) is 6.97. The molecule has 0 aromatic carbocycles. The number of amides is 1. The summed E-state index contributed by atoms with van der Waals surface area (Å²) in [4.78, 5) is 14.0. The Hall–Kier alpha value is -0.780. The molecule has 2 rings (SSSR count). The lowest BCUT2D eigenvalue weighted by atomic mass is 9.80. The van der Waals surface area contributed by atoms with Gasteiger partial charge in [-0.2, -0.15) is 13.2 Å². The van der Waals surface area contributed by atoms with Crippen molar-refractivity contribution in [1.82, 2.24) is 10.2 Å². The second-order valence-corrected chi connectivity index (χ2v) is 5.74. The summed E-state index contributed by atoms with van der Waals surface area (Å²) in [6.07, 6.45) is -2.91. The number of piperazine rings is 1. The van der Waals surface area contributed by atoms with Crippen molar-refractivity contribution in [2.45, 2.75) is 44.8 Å². The van der Waals surface area contributed by atoms with Crippen LogP contribution in [0.25, 0.3) is 0 Å². The Bertz CT molecular complexity index is 332. The molecule has 0 radical (unpaired) electrons. The van der Waals surface area contributed by atoms with Gasteiger partial charge in [0.1, 0.15) is 0 Å². The molecular weight excluding hydrogens is 257 g/mol. The Morgan fingerprint density at radius 2 is 2.05 bits per heavy atom. The largest absolute Gasteiger partial charge is 0.391 e. The summed E-state index contributed by atoms with van der Waals surface area (Å²) in [5.74, 6) is -1.82. The van der Waals surface area contributed by atoms with Gasteiger partial charge >= 0.3 is 6.18 Å². The van der Waals surface area contributed by atoms with Crippen LogP contribution in [0.5, 0.6) is 0 Å². The van der Waals surface area contributed by atoms with Crippen LogP contribution < -0.4 is 5.32 Å². The van der Waals surface area contributed by atoms with Crippen LogP contribution >= 0.6 is 0 Å². The van der Waals surface area contributed by atoms with Crippen LogP contribution in [0.1, 0.15) is 32.6 Å². The topological polar surface area (TPSA) is 32.3 Å². The molecule has 2 fully saturated rings. The second kappa shape index (κ2) is 5.69. The molecule has 3 nitrogen and oxygen atoms in total. The van der Waals surface area contributed by atoms with Crippen molar-refractivity contribution in [3.05, 3.63) is 0 Å². The lowest BCUT2D eigenvalue weighted by molar-refractivity contribution is -0.187. The molecule has 1 N–H and O–H groups in total.